The minimum absolute atomic E-state index is 0.556. The molecule has 0 radical (unpaired) electrons. The average Bonchev–Trinajstić information content (AvgIpc) is 2.45. The van der Waals surface area contributed by atoms with Crippen LogP contribution < -0.4 is 10.2 Å². The van der Waals surface area contributed by atoms with E-state index in [2.05, 4.69) is 0 Å². The predicted octanol–water partition coefficient (Wildman–Crippen LogP) is 0.787. The second kappa shape index (κ2) is 7.19. The van der Waals surface area contributed by atoms with Gasteiger partial charge in [0.1, 0.15) is 5.75 Å². The summed E-state index contributed by atoms with van der Waals surface area (Å²) in [4.78, 5) is 0. The lowest BCUT2D eigenvalue weighted by molar-refractivity contribution is 0.1000. The molecule has 104 valence electrons. The molecule has 6 heteroatoms. The lowest BCUT2D eigenvalue weighted by atomic mass is 9.77. The molecule has 0 amide bonds. The molecule has 2 rings (SSSR count). The Morgan fingerprint density at radius 3 is 2.74 bits per heavy atom. The second-order valence-corrected chi connectivity index (χ2v) is 5.85. The van der Waals surface area contributed by atoms with Crippen LogP contribution in [0.1, 0.15) is 18.4 Å². The fourth-order valence-corrected chi connectivity index (χ4v) is 3.33. The second-order valence-electron chi connectivity index (χ2n) is 4.56. The van der Waals surface area contributed by atoms with E-state index in [9.17, 15) is 10.0 Å². The van der Waals surface area contributed by atoms with Crippen LogP contribution in [0.2, 0.25) is 0 Å². The average molecular weight is 282 g/mol. The Bertz CT molecular complexity index is 408. The van der Waals surface area contributed by atoms with Gasteiger partial charge < -0.3 is 19.5 Å². The zero-order valence-electron chi connectivity index (χ0n) is 11.0. The van der Waals surface area contributed by atoms with Crippen molar-refractivity contribution < 1.29 is 19.5 Å². The summed E-state index contributed by atoms with van der Waals surface area (Å²) in [5.41, 5.74) is 1.48. The van der Waals surface area contributed by atoms with Crippen LogP contribution in [0, 0.1) is 0 Å². The van der Waals surface area contributed by atoms with Crippen LogP contribution in [0.15, 0.2) is 18.2 Å². The van der Waals surface area contributed by atoms with E-state index in [1.165, 1.54) is 0 Å². The summed E-state index contributed by atoms with van der Waals surface area (Å²) < 4.78 is 10.5. The quantitative estimate of drug-likeness (QED) is 0.782. The zero-order valence-corrected chi connectivity index (χ0v) is 11.9. The van der Waals surface area contributed by atoms with Crippen LogP contribution in [0.4, 0.5) is 0 Å². The van der Waals surface area contributed by atoms with Gasteiger partial charge in [-0.15, -0.1) is 0 Å². The van der Waals surface area contributed by atoms with Gasteiger partial charge >= 0.3 is 7.12 Å². The first-order chi connectivity index (χ1) is 9.20. The molecule has 1 fully saturated rings. The molecule has 2 N–H and O–H groups in total. The van der Waals surface area contributed by atoms with Crippen molar-refractivity contribution in [3.8, 4) is 5.75 Å². The fraction of sp³-hybridized carbons (Fsp3) is 0.538. The van der Waals surface area contributed by atoms with Crippen LogP contribution in [-0.2, 0) is 10.5 Å². The maximum Gasteiger partial charge on any atom is 0.488 e. The van der Waals surface area contributed by atoms with Gasteiger partial charge in [-0.1, -0.05) is 6.07 Å². The molecule has 0 bridgehead atoms. The Hall–Kier alpha value is -0.685. The highest BCUT2D eigenvalue weighted by Gasteiger charge is 2.19. The number of rotatable bonds is 5. The first kappa shape index (κ1) is 14.7. The first-order valence-corrected chi connectivity index (χ1v) is 7.48. The molecule has 0 spiro atoms. The number of hydrogen-bond acceptors (Lipinski definition) is 5. The van der Waals surface area contributed by atoms with E-state index in [1.54, 1.807) is 19.2 Å². The van der Waals surface area contributed by atoms with E-state index < -0.39 is 7.12 Å². The molecule has 19 heavy (non-hydrogen) atoms. The summed E-state index contributed by atoms with van der Waals surface area (Å²) in [6.07, 6.45) is 2.12. The Morgan fingerprint density at radius 2 is 2.11 bits per heavy atom. The number of hydrogen-bond donors (Lipinski definition) is 2. The van der Waals surface area contributed by atoms with Crippen LogP contribution >= 0.6 is 11.8 Å². The van der Waals surface area contributed by atoms with Gasteiger partial charge in [-0.25, -0.2) is 0 Å². The van der Waals surface area contributed by atoms with E-state index in [-0.39, 0.29) is 0 Å². The molecule has 0 unspecified atom stereocenters. The Labute approximate surface area is 118 Å². The van der Waals surface area contributed by atoms with Crippen LogP contribution in [0.3, 0.4) is 0 Å². The topological polar surface area (TPSA) is 58.9 Å². The molecule has 1 aromatic carbocycles. The highest BCUT2D eigenvalue weighted by atomic mass is 32.2. The molecule has 1 heterocycles. The fourth-order valence-electron chi connectivity index (χ4n) is 2.14. The van der Waals surface area contributed by atoms with Gasteiger partial charge in [-0.3, -0.25) is 0 Å². The molecule has 0 aliphatic carbocycles. The van der Waals surface area contributed by atoms with Gasteiger partial charge in [0.05, 0.1) is 7.11 Å². The smallest absolute Gasteiger partial charge is 0.488 e. The number of ether oxygens (including phenoxy) is 2. The maximum atomic E-state index is 9.39. The summed E-state index contributed by atoms with van der Waals surface area (Å²) in [7, 11) is 0.177. The van der Waals surface area contributed by atoms with Crippen molar-refractivity contribution in [1.82, 2.24) is 0 Å². The monoisotopic (exact) mass is 282 g/mol. The summed E-state index contributed by atoms with van der Waals surface area (Å²) in [5, 5.41) is 19.4. The van der Waals surface area contributed by atoms with Gasteiger partial charge in [-0.05, 0) is 36.0 Å². The third-order valence-electron chi connectivity index (χ3n) is 3.27. The number of benzene rings is 1. The SMILES string of the molecule is COc1ccc(B(O)O)c(CSC2CCOCC2)c1. The van der Waals surface area contributed by atoms with Crippen LogP contribution in [0.25, 0.3) is 0 Å². The minimum atomic E-state index is -1.43. The Kier molecular flexibility index (Phi) is 5.57. The van der Waals surface area contributed by atoms with E-state index >= 15 is 0 Å². The summed E-state index contributed by atoms with van der Waals surface area (Å²) in [5.74, 6) is 1.50. The lowest BCUT2D eigenvalue weighted by Gasteiger charge is -2.22. The van der Waals surface area contributed by atoms with Gasteiger partial charge in [-0.2, -0.15) is 11.8 Å². The Morgan fingerprint density at radius 1 is 1.37 bits per heavy atom. The highest BCUT2D eigenvalue weighted by molar-refractivity contribution is 7.99. The maximum absolute atomic E-state index is 9.39. The molecule has 1 saturated heterocycles. The van der Waals surface area contributed by atoms with E-state index in [0.29, 0.717) is 10.7 Å². The largest absolute Gasteiger partial charge is 0.497 e. The number of thioether (sulfide) groups is 1. The zero-order chi connectivity index (χ0) is 13.7. The van der Waals surface area contributed by atoms with Gasteiger partial charge in [0.25, 0.3) is 0 Å². The standard InChI is InChI=1S/C13H19BO4S/c1-17-11-2-3-13(14(15)16)10(8-11)9-19-12-4-6-18-7-5-12/h2-3,8,12,15-16H,4-7,9H2,1H3. The van der Waals surface area contributed by atoms with E-state index in [4.69, 9.17) is 9.47 Å². The molecular formula is C13H19BO4S. The van der Waals surface area contributed by atoms with Gasteiger partial charge in [0, 0.05) is 24.2 Å². The first-order valence-electron chi connectivity index (χ1n) is 6.43. The summed E-state index contributed by atoms with van der Waals surface area (Å²) >= 11 is 1.84. The molecule has 0 saturated carbocycles. The van der Waals surface area contributed by atoms with E-state index in [0.717, 1.165) is 43.1 Å². The molecule has 1 aromatic rings. The molecule has 4 nitrogen and oxygen atoms in total. The molecule has 1 aliphatic heterocycles. The predicted molar refractivity (Wildman–Crippen MR) is 78.0 cm³/mol. The molecule has 0 atom stereocenters. The molecular weight excluding hydrogens is 263 g/mol. The Balaban J connectivity index is 2.03. The third-order valence-corrected chi connectivity index (χ3v) is 4.69. The lowest BCUT2D eigenvalue weighted by Crippen LogP contribution is -2.33. The minimum Gasteiger partial charge on any atom is -0.497 e. The third kappa shape index (κ3) is 4.14. The number of methoxy groups -OCH3 is 1. The van der Waals surface area contributed by atoms with E-state index in [1.807, 2.05) is 17.8 Å². The highest BCUT2D eigenvalue weighted by Crippen LogP contribution is 2.26. The van der Waals surface area contributed by atoms with Crippen molar-refractivity contribution in [1.29, 1.82) is 0 Å². The van der Waals surface area contributed by atoms with Crippen molar-refractivity contribution in [3.63, 3.8) is 0 Å². The van der Waals surface area contributed by atoms with Crippen molar-refractivity contribution in [2.75, 3.05) is 20.3 Å². The molecule has 0 aromatic heterocycles. The van der Waals surface area contributed by atoms with Crippen molar-refractivity contribution >= 4 is 24.3 Å². The van der Waals surface area contributed by atoms with Gasteiger partial charge in [0.2, 0.25) is 0 Å². The van der Waals surface area contributed by atoms with Crippen molar-refractivity contribution in [3.05, 3.63) is 23.8 Å². The van der Waals surface area contributed by atoms with Crippen LogP contribution in [-0.4, -0.2) is 42.7 Å². The normalized spacial score (nSPS) is 16.4. The van der Waals surface area contributed by atoms with Gasteiger partial charge in [0.15, 0.2) is 0 Å². The van der Waals surface area contributed by atoms with Crippen LogP contribution in [0.5, 0.6) is 5.75 Å². The van der Waals surface area contributed by atoms with Crippen molar-refractivity contribution in [2.24, 2.45) is 0 Å². The van der Waals surface area contributed by atoms with Crippen molar-refractivity contribution in [2.45, 2.75) is 23.8 Å². The summed E-state index contributed by atoms with van der Waals surface area (Å²) in [6.45, 7) is 1.65. The summed E-state index contributed by atoms with van der Waals surface area (Å²) in [6, 6.07) is 5.34. The molecule has 1 aliphatic rings.